The van der Waals surface area contributed by atoms with Crippen molar-refractivity contribution in [1.82, 2.24) is 0 Å². The standard InChI is InChI=1S/C24H48O6S.Na.H/c1-4-5-6-7-8-9-10-11-12-13-14-15-16-17-18-22(2)28-21-23-19-20-24(29-23)30-31(25,26)27-3;;/h22-24H,4-21H2,1-3H3;;/q;+1;-1. The summed E-state index contributed by atoms with van der Waals surface area (Å²) in [5.74, 6) is 0. The van der Waals surface area contributed by atoms with Crippen LogP contribution in [-0.2, 0) is 28.2 Å². The van der Waals surface area contributed by atoms with Crippen LogP contribution in [0.2, 0.25) is 0 Å². The molecule has 0 N–H and O–H groups in total. The monoisotopic (exact) mass is 488 g/mol. The van der Waals surface area contributed by atoms with E-state index in [1.54, 1.807) is 0 Å². The van der Waals surface area contributed by atoms with Crippen molar-refractivity contribution in [3.63, 3.8) is 0 Å². The van der Waals surface area contributed by atoms with Crippen LogP contribution in [0.5, 0.6) is 0 Å². The Bertz CT molecular complexity index is 523. The van der Waals surface area contributed by atoms with Gasteiger partial charge in [0.25, 0.3) is 0 Å². The fraction of sp³-hybridized carbons (Fsp3) is 1.00. The molecule has 0 saturated carbocycles. The molecule has 0 bridgehead atoms. The van der Waals surface area contributed by atoms with E-state index in [4.69, 9.17) is 13.7 Å². The van der Waals surface area contributed by atoms with Crippen molar-refractivity contribution in [2.45, 2.75) is 141 Å². The van der Waals surface area contributed by atoms with Gasteiger partial charge in [-0.2, -0.15) is 8.42 Å². The predicted octanol–water partition coefficient (Wildman–Crippen LogP) is 3.79. The van der Waals surface area contributed by atoms with Crippen LogP contribution >= 0.6 is 0 Å². The summed E-state index contributed by atoms with van der Waals surface area (Å²) in [5.41, 5.74) is 0. The summed E-state index contributed by atoms with van der Waals surface area (Å²) in [6, 6.07) is 0. The summed E-state index contributed by atoms with van der Waals surface area (Å²) in [6.07, 6.45) is 20.8. The van der Waals surface area contributed by atoms with Crippen LogP contribution in [0.1, 0.15) is 124 Å². The summed E-state index contributed by atoms with van der Waals surface area (Å²) in [4.78, 5) is 0. The quantitative estimate of drug-likeness (QED) is 0.181. The minimum Gasteiger partial charge on any atom is -1.00 e. The molecule has 1 heterocycles. The minimum absolute atomic E-state index is 0. The summed E-state index contributed by atoms with van der Waals surface area (Å²) >= 11 is 0. The third-order valence-corrected chi connectivity index (χ3v) is 6.89. The Morgan fingerprint density at radius 3 is 1.88 bits per heavy atom. The van der Waals surface area contributed by atoms with Gasteiger partial charge in [-0.1, -0.05) is 96.8 Å². The third-order valence-electron chi connectivity index (χ3n) is 6.03. The molecule has 6 nitrogen and oxygen atoms in total. The van der Waals surface area contributed by atoms with Crippen molar-refractivity contribution in [3.05, 3.63) is 0 Å². The molecule has 0 radical (unpaired) electrons. The van der Waals surface area contributed by atoms with E-state index >= 15 is 0 Å². The van der Waals surface area contributed by atoms with Gasteiger partial charge in [0, 0.05) is 6.42 Å². The molecule has 0 aromatic carbocycles. The van der Waals surface area contributed by atoms with Crippen molar-refractivity contribution in [1.29, 1.82) is 0 Å². The molecule has 1 aliphatic rings. The first kappa shape index (κ1) is 32.8. The van der Waals surface area contributed by atoms with Crippen LogP contribution < -0.4 is 29.6 Å². The number of hydrogen-bond donors (Lipinski definition) is 0. The SMILES string of the molecule is CCCCCCCCCCCCCCCCC(C)OCC1CCC(OS(=O)(=O)OC)O1.[H-].[Na+]. The van der Waals surface area contributed by atoms with E-state index in [1.807, 2.05) is 0 Å². The van der Waals surface area contributed by atoms with Crippen LogP contribution in [-0.4, -0.2) is 40.6 Å². The first-order valence-corrected chi connectivity index (χ1v) is 14.1. The van der Waals surface area contributed by atoms with Gasteiger partial charge < -0.3 is 10.9 Å². The molecule has 0 spiro atoms. The number of unbranched alkanes of at least 4 members (excludes halogenated alkanes) is 13. The van der Waals surface area contributed by atoms with Gasteiger partial charge in [0.15, 0.2) is 6.29 Å². The molecule has 0 aromatic heterocycles. The molecule has 0 amide bonds. The van der Waals surface area contributed by atoms with Crippen LogP contribution in [0.4, 0.5) is 0 Å². The second-order valence-electron chi connectivity index (χ2n) is 8.96. The Labute approximate surface area is 222 Å². The molecular formula is C24H49NaO6S. The maximum Gasteiger partial charge on any atom is 1.00 e. The Balaban J connectivity index is 0. The summed E-state index contributed by atoms with van der Waals surface area (Å²) < 4.78 is 43.1. The fourth-order valence-electron chi connectivity index (χ4n) is 4.02. The molecule has 8 heteroatoms. The van der Waals surface area contributed by atoms with Crippen molar-refractivity contribution < 1.29 is 57.2 Å². The smallest absolute Gasteiger partial charge is 1.00 e. The largest absolute Gasteiger partial charge is 1.00 e. The molecule has 1 fully saturated rings. The third kappa shape index (κ3) is 18.2. The molecular weight excluding hydrogens is 439 g/mol. The zero-order valence-electron chi connectivity index (χ0n) is 22.3. The second kappa shape index (κ2) is 21.1. The van der Waals surface area contributed by atoms with Gasteiger partial charge in [0.1, 0.15) is 0 Å². The molecule has 3 unspecified atom stereocenters. The number of ether oxygens (including phenoxy) is 2. The van der Waals surface area contributed by atoms with Crippen molar-refractivity contribution in [2.24, 2.45) is 0 Å². The first-order valence-electron chi connectivity index (χ1n) is 12.7. The van der Waals surface area contributed by atoms with Crippen LogP contribution in [0.15, 0.2) is 0 Å². The van der Waals surface area contributed by atoms with E-state index in [2.05, 4.69) is 18.0 Å². The summed E-state index contributed by atoms with van der Waals surface area (Å²) in [5, 5.41) is 0. The molecule has 1 saturated heterocycles. The Hall–Kier alpha value is 0.790. The number of rotatable bonds is 21. The molecule has 1 rings (SSSR count). The number of hydrogen-bond acceptors (Lipinski definition) is 6. The van der Waals surface area contributed by atoms with E-state index in [1.165, 1.54) is 89.9 Å². The minimum atomic E-state index is -3.96. The maximum atomic E-state index is 11.3. The van der Waals surface area contributed by atoms with E-state index in [-0.39, 0.29) is 43.2 Å². The van der Waals surface area contributed by atoms with Crippen LogP contribution in [0.3, 0.4) is 0 Å². The van der Waals surface area contributed by atoms with E-state index in [0.29, 0.717) is 13.0 Å². The summed E-state index contributed by atoms with van der Waals surface area (Å²) in [6.45, 7) is 4.85. The van der Waals surface area contributed by atoms with Gasteiger partial charge in [-0.25, -0.2) is 4.18 Å². The van der Waals surface area contributed by atoms with Gasteiger partial charge in [0.05, 0.1) is 25.9 Å². The van der Waals surface area contributed by atoms with E-state index < -0.39 is 16.7 Å². The first-order chi connectivity index (χ1) is 15.0. The topological polar surface area (TPSA) is 71.1 Å². The zero-order chi connectivity index (χ0) is 22.8. The molecule has 3 atom stereocenters. The maximum absolute atomic E-state index is 11.3. The van der Waals surface area contributed by atoms with Crippen LogP contribution in [0.25, 0.3) is 0 Å². The van der Waals surface area contributed by atoms with Crippen molar-refractivity contribution in [2.75, 3.05) is 13.7 Å². The van der Waals surface area contributed by atoms with Gasteiger partial charge in [-0.05, 0) is 19.8 Å². The van der Waals surface area contributed by atoms with Gasteiger partial charge in [-0.3, -0.25) is 4.18 Å². The molecule has 1 aliphatic heterocycles. The molecule has 188 valence electrons. The Morgan fingerprint density at radius 1 is 0.875 bits per heavy atom. The average molecular weight is 489 g/mol. The van der Waals surface area contributed by atoms with E-state index in [0.717, 1.165) is 20.0 Å². The Morgan fingerprint density at radius 2 is 1.38 bits per heavy atom. The fourth-order valence-corrected chi connectivity index (χ4v) is 4.50. The predicted molar refractivity (Wildman–Crippen MR) is 126 cm³/mol. The molecule has 0 aliphatic carbocycles. The van der Waals surface area contributed by atoms with E-state index in [9.17, 15) is 8.42 Å². The second-order valence-corrected chi connectivity index (χ2v) is 10.3. The normalized spacial score (nSPS) is 19.7. The van der Waals surface area contributed by atoms with Gasteiger partial charge >= 0.3 is 40.0 Å². The molecule has 0 aromatic rings. The zero-order valence-corrected chi connectivity index (χ0v) is 24.1. The van der Waals surface area contributed by atoms with Crippen molar-refractivity contribution in [3.8, 4) is 0 Å². The summed E-state index contributed by atoms with van der Waals surface area (Å²) in [7, 11) is -2.88. The van der Waals surface area contributed by atoms with Crippen LogP contribution in [0, 0.1) is 0 Å². The molecule has 32 heavy (non-hydrogen) atoms. The average Bonchev–Trinajstić information content (AvgIpc) is 3.19. The van der Waals surface area contributed by atoms with Gasteiger partial charge in [-0.15, -0.1) is 0 Å². The van der Waals surface area contributed by atoms with Gasteiger partial charge in [0.2, 0.25) is 0 Å². The Kier molecular flexibility index (Phi) is 21.6. The van der Waals surface area contributed by atoms with Crippen molar-refractivity contribution >= 4 is 10.4 Å².